The van der Waals surface area contributed by atoms with E-state index in [1.807, 2.05) is 0 Å². The molecule has 0 aliphatic rings. The van der Waals surface area contributed by atoms with E-state index >= 15 is 0 Å². The van der Waals surface area contributed by atoms with Gasteiger partial charge in [-0.25, -0.2) is 4.79 Å². The van der Waals surface area contributed by atoms with Gasteiger partial charge in [-0.2, -0.15) is 0 Å². The summed E-state index contributed by atoms with van der Waals surface area (Å²) in [7, 11) is 0. The number of hydrogen-bond donors (Lipinski definition) is 1. The van der Waals surface area contributed by atoms with Crippen molar-refractivity contribution < 1.29 is 19.2 Å². The second kappa shape index (κ2) is 7.47. The molecule has 1 amide bonds. The highest BCUT2D eigenvalue weighted by atomic mass is 16.6. The normalized spacial score (nSPS) is 10.8. The number of para-hydroxylation sites is 2. The number of nitro benzene ring substituents is 1. The molecule has 1 aromatic rings. The number of rotatable bonds is 6. The molecule has 1 N–H and O–H groups in total. The molecule has 21 heavy (non-hydrogen) atoms. The van der Waals surface area contributed by atoms with Gasteiger partial charge in [-0.15, -0.1) is 0 Å². The highest BCUT2D eigenvalue weighted by molar-refractivity contribution is 5.67. The Hall–Kier alpha value is -2.31. The third-order valence-electron chi connectivity index (χ3n) is 2.31. The molecular weight excluding hydrogens is 276 g/mol. The van der Waals surface area contributed by atoms with Crippen molar-refractivity contribution in [2.75, 3.05) is 13.2 Å². The number of carbonyl (C=O) groups is 1. The van der Waals surface area contributed by atoms with Gasteiger partial charge in [0.15, 0.2) is 5.75 Å². The van der Waals surface area contributed by atoms with E-state index in [4.69, 9.17) is 9.47 Å². The number of amides is 1. The summed E-state index contributed by atoms with van der Waals surface area (Å²) in [6.45, 7) is 5.98. The summed E-state index contributed by atoms with van der Waals surface area (Å²) in [6, 6.07) is 6.17. The number of hydrogen-bond acceptors (Lipinski definition) is 5. The molecule has 116 valence electrons. The summed E-state index contributed by atoms with van der Waals surface area (Å²) >= 11 is 0. The quantitative estimate of drug-likeness (QED) is 0.495. The molecule has 0 atom stereocenters. The van der Waals surface area contributed by atoms with Crippen LogP contribution in [0.25, 0.3) is 0 Å². The van der Waals surface area contributed by atoms with Gasteiger partial charge in [-0.05, 0) is 33.3 Å². The van der Waals surface area contributed by atoms with Gasteiger partial charge in [0, 0.05) is 12.6 Å². The predicted molar refractivity (Wildman–Crippen MR) is 77.4 cm³/mol. The molecular formula is C14H20N2O5. The second-order valence-corrected chi connectivity index (χ2v) is 5.36. The summed E-state index contributed by atoms with van der Waals surface area (Å²) in [5.41, 5.74) is -0.608. The van der Waals surface area contributed by atoms with Crippen molar-refractivity contribution in [1.29, 1.82) is 0 Å². The van der Waals surface area contributed by atoms with E-state index < -0.39 is 16.6 Å². The van der Waals surface area contributed by atoms with Crippen molar-refractivity contribution in [3.8, 4) is 5.75 Å². The highest BCUT2D eigenvalue weighted by Crippen LogP contribution is 2.25. The van der Waals surface area contributed by atoms with Gasteiger partial charge in [0.05, 0.1) is 11.5 Å². The summed E-state index contributed by atoms with van der Waals surface area (Å²) in [4.78, 5) is 21.7. The first-order valence-electron chi connectivity index (χ1n) is 6.62. The van der Waals surface area contributed by atoms with Crippen LogP contribution >= 0.6 is 0 Å². The lowest BCUT2D eigenvalue weighted by molar-refractivity contribution is -0.385. The molecule has 0 saturated carbocycles. The summed E-state index contributed by atoms with van der Waals surface area (Å²) in [6.07, 6.45) is 0.0267. The van der Waals surface area contributed by atoms with Gasteiger partial charge in [0.2, 0.25) is 0 Å². The fourth-order valence-corrected chi connectivity index (χ4v) is 1.49. The van der Waals surface area contributed by atoms with Crippen molar-refractivity contribution in [2.45, 2.75) is 32.8 Å². The Kier molecular flexibility index (Phi) is 5.95. The molecule has 0 radical (unpaired) electrons. The molecule has 1 rings (SSSR count). The molecule has 0 saturated heterocycles. The minimum Gasteiger partial charge on any atom is -0.487 e. The van der Waals surface area contributed by atoms with Gasteiger partial charge in [-0.3, -0.25) is 10.1 Å². The fraction of sp³-hybridized carbons (Fsp3) is 0.500. The van der Waals surface area contributed by atoms with Crippen LogP contribution in [-0.2, 0) is 4.74 Å². The van der Waals surface area contributed by atoms with Crippen LogP contribution in [0.1, 0.15) is 27.2 Å². The van der Waals surface area contributed by atoms with E-state index in [-0.39, 0.29) is 18.0 Å². The Balaban J connectivity index is 2.29. The lowest BCUT2D eigenvalue weighted by Crippen LogP contribution is -2.33. The van der Waals surface area contributed by atoms with Gasteiger partial charge in [0.1, 0.15) is 5.60 Å². The van der Waals surface area contributed by atoms with E-state index in [1.54, 1.807) is 39.0 Å². The van der Waals surface area contributed by atoms with E-state index in [9.17, 15) is 14.9 Å². The predicted octanol–water partition coefficient (Wildman–Crippen LogP) is 2.89. The molecule has 0 unspecified atom stereocenters. The number of nitro groups is 1. The molecule has 0 aliphatic carbocycles. The molecule has 0 fully saturated rings. The van der Waals surface area contributed by atoms with Crippen molar-refractivity contribution in [3.63, 3.8) is 0 Å². The van der Waals surface area contributed by atoms with Gasteiger partial charge >= 0.3 is 11.8 Å². The van der Waals surface area contributed by atoms with E-state index in [1.165, 1.54) is 6.07 Å². The average Bonchev–Trinajstić information content (AvgIpc) is 2.36. The first-order chi connectivity index (χ1) is 9.79. The van der Waals surface area contributed by atoms with E-state index in [2.05, 4.69) is 5.32 Å². The maximum Gasteiger partial charge on any atom is 0.407 e. The fourth-order valence-electron chi connectivity index (χ4n) is 1.49. The van der Waals surface area contributed by atoms with Gasteiger partial charge in [0.25, 0.3) is 0 Å². The van der Waals surface area contributed by atoms with Gasteiger partial charge in [-0.1, -0.05) is 12.1 Å². The Morgan fingerprint density at radius 2 is 2.00 bits per heavy atom. The third kappa shape index (κ3) is 6.60. The number of carbonyl (C=O) groups excluding carboxylic acids is 1. The summed E-state index contributed by atoms with van der Waals surface area (Å²) < 4.78 is 10.4. The zero-order chi connectivity index (χ0) is 15.9. The smallest absolute Gasteiger partial charge is 0.407 e. The molecule has 0 aliphatic heterocycles. The van der Waals surface area contributed by atoms with Crippen LogP contribution < -0.4 is 10.1 Å². The van der Waals surface area contributed by atoms with Gasteiger partial charge < -0.3 is 14.8 Å². The second-order valence-electron chi connectivity index (χ2n) is 5.36. The van der Waals surface area contributed by atoms with Crippen LogP contribution in [-0.4, -0.2) is 29.8 Å². The number of nitrogens with zero attached hydrogens (tertiary/aromatic N) is 1. The topological polar surface area (TPSA) is 90.7 Å². The summed E-state index contributed by atoms with van der Waals surface area (Å²) in [5.74, 6) is 0.222. The van der Waals surface area contributed by atoms with E-state index in [0.717, 1.165) is 0 Å². The average molecular weight is 296 g/mol. The Labute approximate surface area is 123 Å². The molecule has 0 heterocycles. The monoisotopic (exact) mass is 296 g/mol. The SMILES string of the molecule is CC(C)(C)OC(=O)NCCCOc1ccccc1[N+](=O)[O-]. The van der Waals surface area contributed by atoms with Crippen molar-refractivity contribution in [1.82, 2.24) is 5.32 Å². The minimum absolute atomic E-state index is 0.0717. The number of nitrogens with one attached hydrogen (secondary N) is 1. The molecule has 0 bridgehead atoms. The zero-order valence-electron chi connectivity index (χ0n) is 12.4. The zero-order valence-corrected chi connectivity index (χ0v) is 12.4. The maximum atomic E-state index is 11.4. The first-order valence-corrected chi connectivity index (χ1v) is 6.62. The first kappa shape index (κ1) is 16.7. The van der Waals surface area contributed by atoms with Crippen LogP contribution in [0.3, 0.4) is 0 Å². The summed E-state index contributed by atoms with van der Waals surface area (Å²) in [5, 5.41) is 13.4. The molecule has 0 spiro atoms. The van der Waals surface area contributed by atoms with Crippen molar-refractivity contribution in [3.05, 3.63) is 34.4 Å². The standard InChI is InChI=1S/C14H20N2O5/c1-14(2,3)21-13(17)15-9-6-10-20-12-8-5-4-7-11(12)16(18)19/h4-5,7-8H,6,9-10H2,1-3H3,(H,15,17). The lowest BCUT2D eigenvalue weighted by atomic mass is 10.2. The molecule has 7 nitrogen and oxygen atoms in total. The Morgan fingerprint density at radius 3 is 2.62 bits per heavy atom. The van der Waals surface area contributed by atoms with Crippen LogP contribution in [0.2, 0.25) is 0 Å². The van der Waals surface area contributed by atoms with Crippen LogP contribution in [0.4, 0.5) is 10.5 Å². The number of alkyl carbamates (subject to hydrolysis) is 1. The Morgan fingerprint density at radius 1 is 1.33 bits per heavy atom. The highest BCUT2D eigenvalue weighted by Gasteiger charge is 2.16. The number of benzene rings is 1. The molecule has 1 aromatic carbocycles. The van der Waals surface area contributed by atoms with Crippen molar-refractivity contribution >= 4 is 11.8 Å². The van der Waals surface area contributed by atoms with Crippen LogP contribution in [0, 0.1) is 10.1 Å². The van der Waals surface area contributed by atoms with Crippen molar-refractivity contribution in [2.24, 2.45) is 0 Å². The van der Waals surface area contributed by atoms with Crippen LogP contribution in [0.5, 0.6) is 5.75 Å². The molecule has 0 aromatic heterocycles. The third-order valence-corrected chi connectivity index (χ3v) is 2.31. The minimum atomic E-state index is -0.536. The maximum absolute atomic E-state index is 11.4. The van der Waals surface area contributed by atoms with Crippen LogP contribution in [0.15, 0.2) is 24.3 Å². The number of ether oxygens (including phenoxy) is 2. The van der Waals surface area contributed by atoms with E-state index in [0.29, 0.717) is 13.0 Å². The Bertz CT molecular complexity index is 496. The lowest BCUT2D eigenvalue weighted by Gasteiger charge is -2.19. The molecule has 7 heteroatoms. The largest absolute Gasteiger partial charge is 0.487 e.